The Morgan fingerprint density at radius 1 is 1.50 bits per heavy atom. The summed E-state index contributed by atoms with van der Waals surface area (Å²) < 4.78 is 0. The van der Waals surface area contributed by atoms with E-state index in [9.17, 15) is 4.79 Å². The number of rotatable bonds is 4. The van der Waals surface area contributed by atoms with Gasteiger partial charge in [0.25, 0.3) is 5.91 Å². The maximum absolute atomic E-state index is 11.7. The molecule has 0 radical (unpaired) electrons. The van der Waals surface area contributed by atoms with E-state index < -0.39 is 0 Å². The third kappa shape index (κ3) is 2.20. The lowest BCUT2D eigenvalue weighted by molar-refractivity contribution is 0.0953. The van der Waals surface area contributed by atoms with Crippen LogP contribution >= 0.6 is 0 Å². The van der Waals surface area contributed by atoms with Crippen LogP contribution in [0.5, 0.6) is 0 Å². The largest absolute Gasteiger partial charge is 0.352 e. The molecule has 0 unspecified atom stereocenters. The molecule has 1 aromatic heterocycles. The molecule has 0 aliphatic carbocycles. The molecule has 84 valence electrons. The molecule has 1 aromatic carbocycles. The Morgan fingerprint density at radius 3 is 3.19 bits per heavy atom. The van der Waals surface area contributed by atoms with Gasteiger partial charge >= 0.3 is 0 Å². The fourth-order valence-electron chi connectivity index (χ4n) is 1.48. The minimum atomic E-state index is -0.0787. The van der Waals surface area contributed by atoms with Gasteiger partial charge in [-0.1, -0.05) is 0 Å². The summed E-state index contributed by atoms with van der Waals surface area (Å²) in [5.41, 5.74) is 7.71. The van der Waals surface area contributed by atoms with Gasteiger partial charge in [0.15, 0.2) is 0 Å². The molecule has 4 N–H and O–H groups in total. The average molecular weight is 218 g/mol. The predicted molar refractivity (Wildman–Crippen MR) is 62.1 cm³/mol. The van der Waals surface area contributed by atoms with Crippen molar-refractivity contribution in [2.75, 3.05) is 13.1 Å². The number of amides is 1. The highest BCUT2D eigenvalue weighted by molar-refractivity contribution is 5.97. The van der Waals surface area contributed by atoms with Crippen LogP contribution in [0.2, 0.25) is 0 Å². The van der Waals surface area contributed by atoms with E-state index in [0.717, 1.165) is 17.5 Å². The number of H-pyrrole nitrogens is 1. The molecule has 1 amide bonds. The Labute approximate surface area is 93.1 Å². The number of fused-ring (bicyclic) bond motifs is 1. The second kappa shape index (κ2) is 4.76. The normalized spacial score (nSPS) is 10.6. The number of benzene rings is 1. The van der Waals surface area contributed by atoms with Crippen LogP contribution in [0.1, 0.15) is 16.8 Å². The van der Waals surface area contributed by atoms with Gasteiger partial charge in [-0.3, -0.25) is 4.79 Å². The second-order valence-electron chi connectivity index (χ2n) is 3.53. The Balaban J connectivity index is 2.10. The standard InChI is InChI=1S/C11H14N4O/c12-4-1-5-13-11(16)8-2-3-9-10(6-8)15-7-14-9/h2-3,6-7H,1,4-5,12H2,(H,13,16)(H,14,15). The Kier molecular flexibility index (Phi) is 3.16. The lowest BCUT2D eigenvalue weighted by atomic mass is 10.2. The molecule has 0 bridgehead atoms. The second-order valence-corrected chi connectivity index (χ2v) is 3.53. The smallest absolute Gasteiger partial charge is 0.251 e. The summed E-state index contributed by atoms with van der Waals surface area (Å²) in [7, 11) is 0. The minimum Gasteiger partial charge on any atom is -0.352 e. The van der Waals surface area contributed by atoms with Crippen LogP contribution in [-0.4, -0.2) is 29.0 Å². The van der Waals surface area contributed by atoms with Gasteiger partial charge in [0, 0.05) is 12.1 Å². The van der Waals surface area contributed by atoms with Gasteiger partial charge in [-0.25, -0.2) is 4.98 Å². The van der Waals surface area contributed by atoms with Crippen molar-refractivity contribution in [2.24, 2.45) is 5.73 Å². The Morgan fingerprint density at radius 2 is 2.38 bits per heavy atom. The zero-order chi connectivity index (χ0) is 11.4. The SMILES string of the molecule is NCCCNC(=O)c1ccc2nc[nH]c2c1. The molecule has 1 heterocycles. The Hall–Kier alpha value is -1.88. The summed E-state index contributed by atoms with van der Waals surface area (Å²) in [6, 6.07) is 5.38. The van der Waals surface area contributed by atoms with Crippen molar-refractivity contribution in [2.45, 2.75) is 6.42 Å². The zero-order valence-corrected chi connectivity index (χ0v) is 8.86. The Bertz CT molecular complexity index is 491. The lowest BCUT2D eigenvalue weighted by Gasteiger charge is -2.03. The molecule has 0 saturated carbocycles. The number of aromatic amines is 1. The van der Waals surface area contributed by atoms with Crippen LogP contribution in [0.15, 0.2) is 24.5 Å². The van der Waals surface area contributed by atoms with Crippen molar-refractivity contribution in [1.82, 2.24) is 15.3 Å². The van der Waals surface area contributed by atoms with Crippen molar-refractivity contribution < 1.29 is 4.79 Å². The van der Waals surface area contributed by atoms with Crippen molar-refractivity contribution in [3.8, 4) is 0 Å². The molecular weight excluding hydrogens is 204 g/mol. The summed E-state index contributed by atoms with van der Waals surface area (Å²) in [5, 5.41) is 2.80. The number of hydrogen-bond donors (Lipinski definition) is 3. The molecule has 0 atom stereocenters. The van der Waals surface area contributed by atoms with E-state index in [-0.39, 0.29) is 5.91 Å². The number of nitrogens with two attached hydrogens (primary N) is 1. The van der Waals surface area contributed by atoms with E-state index in [4.69, 9.17) is 5.73 Å². The quantitative estimate of drug-likeness (QED) is 0.658. The lowest BCUT2D eigenvalue weighted by Crippen LogP contribution is -2.25. The summed E-state index contributed by atoms with van der Waals surface area (Å²) in [4.78, 5) is 18.8. The maximum Gasteiger partial charge on any atom is 0.251 e. The first-order chi connectivity index (χ1) is 7.81. The van der Waals surface area contributed by atoms with Gasteiger partial charge in [0.05, 0.1) is 17.4 Å². The fraction of sp³-hybridized carbons (Fsp3) is 0.273. The van der Waals surface area contributed by atoms with Crippen LogP contribution in [0.3, 0.4) is 0 Å². The van der Waals surface area contributed by atoms with Gasteiger partial charge < -0.3 is 16.0 Å². The van der Waals surface area contributed by atoms with Crippen LogP contribution in [-0.2, 0) is 0 Å². The molecule has 0 spiro atoms. The number of carbonyl (C=O) groups excluding carboxylic acids is 1. The zero-order valence-electron chi connectivity index (χ0n) is 8.86. The number of nitrogens with one attached hydrogen (secondary N) is 2. The van der Waals surface area contributed by atoms with Gasteiger partial charge in [0.2, 0.25) is 0 Å². The van der Waals surface area contributed by atoms with E-state index >= 15 is 0 Å². The molecule has 2 rings (SSSR count). The van der Waals surface area contributed by atoms with Crippen LogP contribution in [0, 0.1) is 0 Å². The highest BCUT2D eigenvalue weighted by Crippen LogP contribution is 2.11. The monoisotopic (exact) mass is 218 g/mol. The molecule has 16 heavy (non-hydrogen) atoms. The van der Waals surface area contributed by atoms with Gasteiger partial charge in [-0.05, 0) is 31.2 Å². The van der Waals surface area contributed by atoms with Crippen molar-refractivity contribution in [3.05, 3.63) is 30.1 Å². The number of imidazole rings is 1. The van der Waals surface area contributed by atoms with Gasteiger partial charge in [0.1, 0.15) is 0 Å². The van der Waals surface area contributed by atoms with E-state index in [0.29, 0.717) is 18.7 Å². The van der Waals surface area contributed by atoms with Gasteiger partial charge in [-0.2, -0.15) is 0 Å². The summed E-state index contributed by atoms with van der Waals surface area (Å²) >= 11 is 0. The third-order valence-electron chi connectivity index (χ3n) is 2.35. The first kappa shape index (κ1) is 10.6. The molecule has 0 aliphatic rings. The van der Waals surface area contributed by atoms with Crippen molar-refractivity contribution in [1.29, 1.82) is 0 Å². The van der Waals surface area contributed by atoms with Crippen molar-refractivity contribution in [3.63, 3.8) is 0 Å². The highest BCUT2D eigenvalue weighted by atomic mass is 16.1. The molecule has 2 aromatic rings. The first-order valence-corrected chi connectivity index (χ1v) is 5.22. The average Bonchev–Trinajstić information content (AvgIpc) is 2.76. The number of aromatic nitrogens is 2. The summed E-state index contributed by atoms with van der Waals surface area (Å²) in [5.74, 6) is -0.0787. The summed E-state index contributed by atoms with van der Waals surface area (Å²) in [6.07, 6.45) is 2.40. The molecule has 0 aliphatic heterocycles. The molecule has 0 saturated heterocycles. The predicted octanol–water partition coefficient (Wildman–Crippen LogP) is 0.641. The fourth-order valence-corrected chi connectivity index (χ4v) is 1.48. The van der Waals surface area contributed by atoms with E-state index in [1.165, 1.54) is 0 Å². The van der Waals surface area contributed by atoms with Gasteiger partial charge in [-0.15, -0.1) is 0 Å². The third-order valence-corrected chi connectivity index (χ3v) is 2.35. The van der Waals surface area contributed by atoms with Crippen LogP contribution in [0.4, 0.5) is 0 Å². The maximum atomic E-state index is 11.7. The topological polar surface area (TPSA) is 83.8 Å². The first-order valence-electron chi connectivity index (χ1n) is 5.22. The van der Waals surface area contributed by atoms with E-state index in [2.05, 4.69) is 15.3 Å². The molecule has 0 fully saturated rings. The summed E-state index contributed by atoms with van der Waals surface area (Å²) in [6.45, 7) is 1.19. The van der Waals surface area contributed by atoms with E-state index in [1.54, 1.807) is 18.5 Å². The highest BCUT2D eigenvalue weighted by Gasteiger charge is 2.06. The molecular formula is C11H14N4O. The number of hydrogen-bond acceptors (Lipinski definition) is 3. The van der Waals surface area contributed by atoms with E-state index in [1.807, 2.05) is 6.07 Å². The number of carbonyl (C=O) groups is 1. The van der Waals surface area contributed by atoms with Crippen molar-refractivity contribution >= 4 is 16.9 Å². The van der Waals surface area contributed by atoms with Crippen LogP contribution < -0.4 is 11.1 Å². The molecule has 5 nitrogen and oxygen atoms in total. The molecule has 5 heteroatoms. The minimum absolute atomic E-state index is 0.0787. The number of nitrogens with zero attached hydrogens (tertiary/aromatic N) is 1. The van der Waals surface area contributed by atoms with Crippen LogP contribution in [0.25, 0.3) is 11.0 Å².